The molecule has 2 N–H and O–H groups in total. The molecule has 0 fully saturated rings. The van der Waals surface area contributed by atoms with Crippen molar-refractivity contribution in [3.05, 3.63) is 132 Å². The fourth-order valence-electron chi connectivity index (χ4n) is 3.88. The van der Waals surface area contributed by atoms with Crippen LogP contribution in [0, 0.1) is 0 Å². The standard InChI is InChI=1S/C31H25N3O2S2/c35-28(20-22-10-4-1-5-11-22)32-25-16-18-26(19-17-25)38-29(24-14-8-3-9-15-24)30(36)34-31-33-27(21-37-31)23-12-6-2-7-13-23/h1-19,21,29H,20H2,(H,32,35)(H,33,34,36). The molecule has 0 spiro atoms. The third-order valence-electron chi connectivity index (χ3n) is 5.74. The molecule has 1 heterocycles. The van der Waals surface area contributed by atoms with Gasteiger partial charge in [0.1, 0.15) is 5.25 Å². The summed E-state index contributed by atoms with van der Waals surface area (Å²) >= 11 is 2.86. The zero-order valence-corrected chi connectivity index (χ0v) is 22.0. The highest BCUT2D eigenvalue weighted by Crippen LogP contribution is 2.37. The molecule has 1 aromatic heterocycles. The van der Waals surface area contributed by atoms with Gasteiger partial charge in [-0.2, -0.15) is 0 Å². The summed E-state index contributed by atoms with van der Waals surface area (Å²) in [6, 6.07) is 36.8. The van der Waals surface area contributed by atoms with E-state index in [9.17, 15) is 9.59 Å². The van der Waals surface area contributed by atoms with Gasteiger partial charge in [-0.25, -0.2) is 4.98 Å². The topological polar surface area (TPSA) is 71.1 Å². The van der Waals surface area contributed by atoms with E-state index in [1.807, 2.05) is 121 Å². The third-order valence-corrected chi connectivity index (χ3v) is 7.77. The van der Waals surface area contributed by atoms with Crippen molar-refractivity contribution in [1.29, 1.82) is 0 Å². The van der Waals surface area contributed by atoms with Gasteiger partial charge in [0.15, 0.2) is 5.13 Å². The first-order valence-corrected chi connectivity index (χ1v) is 13.9. The number of nitrogens with one attached hydrogen (secondary N) is 2. The molecule has 7 heteroatoms. The number of aromatic nitrogens is 1. The van der Waals surface area contributed by atoms with Gasteiger partial charge < -0.3 is 10.6 Å². The number of nitrogens with zero attached hydrogens (tertiary/aromatic N) is 1. The second-order valence-electron chi connectivity index (χ2n) is 8.54. The summed E-state index contributed by atoms with van der Waals surface area (Å²) < 4.78 is 0. The molecule has 0 aliphatic heterocycles. The molecule has 0 saturated heterocycles. The van der Waals surface area contributed by atoms with Crippen LogP contribution in [0.2, 0.25) is 0 Å². The Kier molecular flexibility index (Phi) is 8.28. The molecule has 5 aromatic rings. The number of amides is 2. The summed E-state index contributed by atoms with van der Waals surface area (Å²) in [5.41, 5.74) is 4.42. The van der Waals surface area contributed by atoms with Gasteiger partial charge >= 0.3 is 0 Å². The minimum absolute atomic E-state index is 0.0727. The minimum atomic E-state index is -0.473. The molecule has 0 aliphatic carbocycles. The van der Waals surface area contributed by atoms with Crippen LogP contribution in [0.25, 0.3) is 11.3 Å². The van der Waals surface area contributed by atoms with Crippen LogP contribution in [0.15, 0.2) is 126 Å². The number of carbonyl (C=O) groups excluding carboxylic acids is 2. The highest BCUT2D eigenvalue weighted by Gasteiger charge is 2.23. The molecule has 1 unspecified atom stereocenters. The van der Waals surface area contributed by atoms with Crippen molar-refractivity contribution in [3.8, 4) is 11.3 Å². The molecule has 0 saturated carbocycles. The smallest absolute Gasteiger partial charge is 0.244 e. The van der Waals surface area contributed by atoms with E-state index >= 15 is 0 Å². The second-order valence-corrected chi connectivity index (χ2v) is 10.6. The summed E-state index contributed by atoms with van der Waals surface area (Å²) in [6.45, 7) is 0. The Morgan fingerprint density at radius 3 is 2.08 bits per heavy atom. The van der Waals surface area contributed by atoms with Crippen LogP contribution in [-0.2, 0) is 16.0 Å². The molecule has 1 atom stereocenters. The molecule has 0 bridgehead atoms. The van der Waals surface area contributed by atoms with Gasteiger partial charge in [-0.15, -0.1) is 23.1 Å². The predicted octanol–water partition coefficient (Wildman–Crippen LogP) is 7.46. The summed E-state index contributed by atoms with van der Waals surface area (Å²) in [4.78, 5) is 31.4. The molecular formula is C31H25N3O2S2. The lowest BCUT2D eigenvalue weighted by Gasteiger charge is -2.16. The molecule has 5 rings (SSSR count). The Labute approximate surface area is 230 Å². The maximum absolute atomic E-state index is 13.4. The van der Waals surface area contributed by atoms with E-state index in [4.69, 9.17) is 0 Å². The second kappa shape index (κ2) is 12.4. The van der Waals surface area contributed by atoms with Crippen molar-refractivity contribution in [2.45, 2.75) is 16.6 Å². The van der Waals surface area contributed by atoms with Crippen LogP contribution < -0.4 is 10.6 Å². The van der Waals surface area contributed by atoms with E-state index in [1.54, 1.807) is 0 Å². The molecule has 5 nitrogen and oxygen atoms in total. The molecule has 4 aromatic carbocycles. The van der Waals surface area contributed by atoms with E-state index in [0.717, 1.165) is 27.3 Å². The van der Waals surface area contributed by atoms with Gasteiger partial charge in [0.05, 0.1) is 12.1 Å². The highest BCUT2D eigenvalue weighted by atomic mass is 32.2. The van der Waals surface area contributed by atoms with E-state index in [0.29, 0.717) is 17.2 Å². The lowest BCUT2D eigenvalue weighted by atomic mass is 10.1. The zero-order chi connectivity index (χ0) is 26.2. The van der Waals surface area contributed by atoms with Gasteiger partial charge in [0, 0.05) is 21.5 Å². The molecule has 0 aliphatic rings. The quantitative estimate of drug-likeness (QED) is 0.192. The van der Waals surface area contributed by atoms with Crippen LogP contribution >= 0.6 is 23.1 Å². The zero-order valence-electron chi connectivity index (χ0n) is 20.4. The molecular weight excluding hydrogens is 510 g/mol. The SMILES string of the molecule is O=C(Cc1ccccc1)Nc1ccc(SC(C(=O)Nc2nc(-c3ccccc3)cs2)c2ccccc2)cc1. The van der Waals surface area contributed by atoms with Crippen molar-refractivity contribution in [2.75, 3.05) is 10.6 Å². The number of carbonyl (C=O) groups is 2. The average Bonchev–Trinajstić information content (AvgIpc) is 3.42. The van der Waals surface area contributed by atoms with E-state index in [2.05, 4.69) is 15.6 Å². The van der Waals surface area contributed by atoms with Crippen molar-refractivity contribution in [3.63, 3.8) is 0 Å². The Morgan fingerprint density at radius 1 is 0.763 bits per heavy atom. The van der Waals surface area contributed by atoms with Crippen LogP contribution in [-0.4, -0.2) is 16.8 Å². The number of benzene rings is 4. The van der Waals surface area contributed by atoms with E-state index < -0.39 is 5.25 Å². The summed E-state index contributed by atoms with van der Waals surface area (Å²) in [5, 5.41) is 7.98. The normalized spacial score (nSPS) is 11.5. The first-order chi connectivity index (χ1) is 18.6. The first-order valence-electron chi connectivity index (χ1n) is 12.1. The maximum atomic E-state index is 13.4. The van der Waals surface area contributed by atoms with Crippen LogP contribution in [0.3, 0.4) is 0 Å². The summed E-state index contributed by atoms with van der Waals surface area (Å²) in [5.74, 6) is -0.216. The van der Waals surface area contributed by atoms with Crippen molar-refractivity contribution in [2.24, 2.45) is 0 Å². The lowest BCUT2D eigenvalue weighted by Crippen LogP contribution is -2.19. The largest absolute Gasteiger partial charge is 0.326 e. The molecule has 0 radical (unpaired) electrons. The van der Waals surface area contributed by atoms with Gasteiger partial charge in [0.25, 0.3) is 0 Å². The first kappa shape index (κ1) is 25.4. The molecule has 2 amide bonds. The van der Waals surface area contributed by atoms with Crippen LogP contribution in [0.4, 0.5) is 10.8 Å². The molecule has 188 valence electrons. The van der Waals surface area contributed by atoms with E-state index in [-0.39, 0.29) is 11.8 Å². The fraction of sp³-hybridized carbons (Fsp3) is 0.0645. The van der Waals surface area contributed by atoms with Crippen molar-refractivity contribution in [1.82, 2.24) is 4.98 Å². The van der Waals surface area contributed by atoms with Crippen molar-refractivity contribution >= 4 is 45.7 Å². The Hall–Kier alpha value is -4.20. The molecule has 38 heavy (non-hydrogen) atoms. The van der Waals surface area contributed by atoms with Gasteiger partial charge in [-0.05, 0) is 35.4 Å². The number of thioether (sulfide) groups is 1. The van der Waals surface area contributed by atoms with Crippen molar-refractivity contribution < 1.29 is 9.59 Å². The van der Waals surface area contributed by atoms with E-state index in [1.165, 1.54) is 23.1 Å². The fourth-order valence-corrected chi connectivity index (χ4v) is 5.63. The lowest BCUT2D eigenvalue weighted by molar-refractivity contribution is -0.116. The monoisotopic (exact) mass is 535 g/mol. The predicted molar refractivity (Wildman–Crippen MR) is 156 cm³/mol. The average molecular weight is 536 g/mol. The van der Waals surface area contributed by atoms with Gasteiger partial charge in [-0.3, -0.25) is 9.59 Å². The maximum Gasteiger partial charge on any atom is 0.244 e. The Bertz CT molecular complexity index is 1490. The van der Waals surface area contributed by atoms with Gasteiger partial charge in [0.2, 0.25) is 11.8 Å². The van der Waals surface area contributed by atoms with Gasteiger partial charge in [-0.1, -0.05) is 91.0 Å². The Morgan fingerprint density at radius 2 is 1.39 bits per heavy atom. The summed E-state index contributed by atoms with van der Waals surface area (Å²) in [7, 11) is 0. The Balaban J connectivity index is 1.26. The summed E-state index contributed by atoms with van der Waals surface area (Å²) in [6.07, 6.45) is 0.316. The number of thiazole rings is 1. The van der Waals surface area contributed by atoms with Crippen LogP contribution in [0.5, 0.6) is 0 Å². The number of hydrogen-bond donors (Lipinski definition) is 2. The minimum Gasteiger partial charge on any atom is -0.326 e. The van der Waals surface area contributed by atoms with Crippen LogP contribution in [0.1, 0.15) is 16.4 Å². The third kappa shape index (κ3) is 6.76. The highest BCUT2D eigenvalue weighted by molar-refractivity contribution is 8.00. The number of hydrogen-bond acceptors (Lipinski definition) is 5. The number of anilines is 2. The number of rotatable bonds is 9.